The minimum absolute atomic E-state index is 0.315. The van der Waals surface area contributed by atoms with E-state index in [0.717, 1.165) is 18.8 Å². The molecule has 78 valence electrons. The average molecular weight is 194 g/mol. The Kier molecular flexibility index (Phi) is 2.01. The predicted octanol–water partition coefficient (Wildman–Crippen LogP) is 0.653. The molecule has 0 spiro atoms. The third kappa shape index (κ3) is 1.34. The highest BCUT2D eigenvalue weighted by molar-refractivity contribution is 5.79. The summed E-state index contributed by atoms with van der Waals surface area (Å²) in [6.45, 7) is 1.17. The summed E-state index contributed by atoms with van der Waals surface area (Å²) in [7, 11) is 0. The molecule has 0 radical (unpaired) electrons. The number of carbonyl (C=O) groups is 1. The summed E-state index contributed by atoms with van der Waals surface area (Å²) in [5.41, 5.74) is 0. The Hall–Kier alpha value is -0.570. The van der Waals surface area contributed by atoms with Gasteiger partial charge in [-0.05, 0) is 38.1 Å². The molecule has 3 rings (SSSR count). The van der Waals surface area contributed by atoms with E-state index in [1.54, 1.807) is 0 Å². The summed E-state index contributed by atoms with van der Waals surface area (Å²) < 4.78 is 0. The van der Waals surface area contributed by atoms with E-state index in [1.807, 2.05) is 0 Å². The standard InChI is InChI=1S/C11H18N2O/c14-11(8-2-1-3-8)13-10-5-7-4-9(10)12-6-7/h7-10,12H,1-6H2,(H,13,14). The maximum atomic E-state index is 11.7. The SMILES string of the molecule is O=C(NC1CC2CNC1C2)C1CCC1. The molecule has 0 aromatic heterocycles. The second-order valence-electron chi connectivity index (χ2n) is 5.10. The lowest BCUT2D eigenvalue weighted by Gasteiger charge is -2.29. The van der Waals surface area contributed by atoms with Gasteiger partial charge in [0.1, 0.15) is 0 Å². The van der Waals surface area contributed by atoms with Gasteiger partial charge in [-0.25, -0.2) is 0 Å². The molecule has 3 nitrogen and oxygen atoms in total. The van der Waals surface area contributed by atoms with Crippen LogP contribution in [-0.2, 0) is 4.79 Å². The van der Waals surface area contributed by atoms with E-state index in [0.29, 0.717) is 23.9 Å². The number of hydrogen-bond acceptors (Lipinski definition) is 2. The Morgan fingerprint density at radius 2 is 2.14 bits per heavy atom. The van der Waals surface area contributed by atoms with E-state index in [9.17, 15) is 4.79 Å². The Labute approximate surface area is 84.6 Å². The van der Waals surface area contributed by atoms with Gasteiger partial charge in [0.05, 0.1) is 0 Å². The number of rotatable bonds is 2. The third-order valence-electron chi connectivity index (χ3n) is 4.13. The van der Waals surface area contributed by atoms with Crippen molar-refractivity contribution < 1.29 is 4.79 Å². The van der Waals surface area contributed by atoms with Crippen molar-refractivity contribution in [2.75, 3.05) is 6.54 Å². The van der Waals surface area contributed by atoms with Crippen LogP contribution in [0.3, 0.4) is 0 Å². The number of hydrogen-bond donors (Lipinski definition) is 2. The van der Waals surface area contributed by atoms with Gasteiger partial charge in [-0.1, -0.05) is 6.42 Å². The van der Waals surface area contributed by atoms with E-state index in [-0.39, 0.29) is 0 Å². The van der Waals surface area contributed by atoms with Gasteiger partial charge in [0.15, 0.2) is 0 Å². The monoisotopic (exact) mass is 194 g/mol. The van der Waals surface area contributed by atoms with Crippen molar-refractivity contribution in [3.8, 4) is 0 Å². The summed E-state index contributed by atoms with van der Waals surface area (Å²) in [6, 6.07) is 1.01. The number of carbonyl (C=O) groups excluding carboxylic acids is 1. The molecule has 0 aromatic carbocycles. The minimum Gasteiger partial charge on any atom is -0.352 e. The fraction of sp³-hybridized carbons (Fsp3) is 0.909. The molecule has 1 saturated heterocycles. The van der Waals surface area contributed by atoms with Crippen LogP contribution in [-0.4, -0.2) is 24.5 Å². The average Bonchev–Trinajstić information content (AvgIpc) is 2.60. The molecule has 0 aromatic rings. The maximum absolute atomic E-state index is 11.7. The Bertz CT molecular complexity index is 250. The molecule has 3 fully saturated rings. The molecule has 2 N–H and O–H groups in total. The van der Waals surface area contributed by atoms with Gasteiger partial charge in [0.2, 0.25) is 5.91 Å². The minimum atomic E-state index is 0.315. The van der Waals surface area contributed by atoms with E-state index in [4.69, 9.17) is 0 Å². The summed E-state index contributed by atoms with van der Waals surface area (Å²) in [5, 5.41) is 6.68. The van der Waals surface area contributed by atoms with Crippen LogP contribution in [0.1, 0.15) is 32.1 Å². The second kappa shape index (κ2) is 3.23. The lowest BCUT2D eigenvalue weighted by atomic mass is 9.84. The molecule has 14 heavy (non-hydrogen) atoms. The molecule has 2 saturated carbocycles. The lowest BCUT2D eigenvalue weighted by molar-refractivity contribution is -0.128. The molecular weight excluding hydrogens is 176 g/mol. The van der Waals surface area contributed by atoms with Crippen LogP contribution in [0.5, 0.6) is 0 Å². The first kappa shape index (κ1) is 8.72. The van der Waals surface area contributed by atoms with Gasteiger partial charge in [-0.3, -0.25) is 4.79 Å². The Balaban J connectivity index is 1.54. The van der Waals surface area contributed by atoms with E-state index in [2.05, 4.69) is 10.6 Å². The van der Waals surface area contributed by atoms with Crippen molar-refractivity contribution in [3.05, 3.63) is 0 Å². The number of fused-ring (bicyclic) bond motifs is 2. The molecular formula is C11H18N2O. The normalized spacial score (nSPS) is 41.0. The molecule has 3 atom stereocenters. The van der Waals surface area contributed by atoms with Crippen molar-refractivity contribution in [2.24, 2.45) is 11.8 Å². The molecule has 1 amide bonds. The van der Waals surface area contributed by atoms with Gasteiger partial charge < -0.3 is 10.6 Å². The molecule has 3 unspecified atom stereocenters. The first-order valence-electron chi connectivity index (χ1n) is 5.86. The summed E-state index contributed by atoms with van der Waals surface area (Å²) in [6.07, 6.45) is 5.94. The first-order valence-corrected chi connectivity index (χ1v) is 5.86. The molecule has 3 aliphatic rings. The fourth-order valence-corrected chi connectivity index (χ4v) is 2.98. The number of nitrogens with one attached hydrogen (secondary N) is 2. The molecule has 2 bridgehead atoms. The van der Waals surface area contributed by atoms with Gasteiger partial charge >= 0.3 is 0 Å². The second-order valence-corrected chi connectivity index (χ2v) is 5.10. The van der Waals surface area contributed by atoms with Crippen molar-refractivity contribution in [3.63, 3.8) is 0 Å². The van der Waals surface area contributed by atoms with Gasteiger partial charge in [0.25, 0.3) is 0 Å². The quantitative estimate of drug-likeness (QED) is 0.678. The summed E-state index contributed by atoms with van der Waals surface area (Å²) in [4.78, 5) is 11.7. The lowest BCUT2D eigenvalue weighted by Crippen LogP contribution is -2.50. The zero-order valence-electron chi connectivity index (χ0n) is 8.46. The molecule has 1 heterocycles. The predicted molar refractivity (Wildman–Crippen MR) is 53.8 cm³/mol. The van der Waals surface area contributed by atoms with Crippen LogP contribution < -0.4 is 10.6 Å². The Morgan fingerprint density at radius 3 is 2.64 bits per heavy atom. The first-order chi connectivity index (χ1) is 6.83. The molecule has 3 heteroatoms. The third-order valence-corrected chi connectivity index (χ3v) is 4.13. The van der Waals surface area contributed by atoms with E-state index >= 15 is 0 Å². The van der Waals surface area contributed by atoms with E-state index < -0.39 is 0 Å². The van der Waals surface area contributed by atoms with E-state index in [1.165, 1.54) is 25.8 Å². The maximum Gasteiger partial charge on any atom is 0.223 e. The topological polar surface area (TPSA) is 41.1 Å². The highest BCUT2D eigenvalue weighted by Crippen LogP contribution is 2.32. The Morgan fingerprint density at radius 1 is 1.29 bits per heavy atom. The van der Waals surface area contributed by atoms with Crippen LogP contribution >= 0.6 is 0 Å². The van der Waals surface area contributed by atoms with Crippen LogP contribution in [0, 0.1) is 11.8 Å². The molecule has 2 aliphatic carbocycles. The zero-order chi connectivity index (χ0) is 9.54. The fourth-order valence-electron chi connectivity index (χ4n) is 2.98. The van der Waals surface area contributed by atoms with Crippen molar-refractivity contribution in [2.45, 2.75) is 44.2 Å². The highest BCUT2D eigenvalue weighted by atomic mass is 16.2. The summed E-state index contributed by atoms with van der Waals surface area (Å²) >= 11 is 0. The number of piperidine rings is 1. The highest BCUT2D eigenvalue weighted by Gasteiger charge is 2.40. The zero-order valence-corrected chi connectivity index (χ0v) is 8.46. The van der Waals surface area contributed by atoms with Crippen LogP contribution in [0.15, 0.2) is 0 Å². The van der Waals surface area contributed by atoms with Crippen LogP contribution in [0.25, 0.3) is 0 Å². The largest absolute Gasteiger partial charge is 0.352 e. The van der Waals surface area contributed by atoms with Crippen molar-refractivity contribution >= 4 is 5.91 Å². The molecule has 1 aliphatic heterocycles. The smallest absolute Gasteiger partial charge is 0.223 e. The van der Waals surface area contributed by atoms with Crippen LogP contribution in [0.4, 0.5) is 0 Å². The number of amides is 1. The van der Waals surface area contributed by atoms with Gasteiger partial charge in [0, 0.05) is 18.0 Å². The van der Waals surface area contributed by atoms with Gasteiger partial charge in [-0.15, -0.1) is 0 Å². The van der Waals surface area contributed by atoms with Crippen molar-refractivity contribution in [1.29, 1.82) is 0 Å². The summed E-state index contributed by atoms with van der Waals surface area (Å²) in [5.74, 6) is 1.48. The van der Waals surface area contributed by atoms with Crippen molar-refractivity contribution in [1.82, 2.24) is 10.6 Å². The van der Waals surface area contributed by atoms with Gasteiger partial charge in [-0.2, -0.15) is 0 Å². The van der Waals surface area contributed by atoms with Crippen LogP contribution in [0.2, 0.25) is 0 Å².